The summed E-state index contributed by atoms with van der Waals surface area (Å²) in [6.07, 6.45) is 6.35. The van der Waals surface area contributed by atoms with Gasteiger partial charge in [-0.25, -0.2) is 9.98 Å². The summed E-state index contributed by atoms with van der Waals surface area (Å²) < 4.78 is 5.33. The minimum absolute atomic E-state index is 0.359. The van der Waals surface area contributed by atoms with Crippen LogP contribution in [0.15, 0.2) is 10.4 Å². The normalized spacial score (nSPS) is 17.2. The monoisotopic (exact) mass is 366 g/mol. The van der Waals surface area contributed by atoms with Crippen LogP contribution in [-0.4, -0.2) is 37.7 Å². The van der Waals surface area contributed by atoms with E-state index in [0.717, 1.165) is 42.8 Å². The fourth-order valence-electron chi connectivity index (χ4n) is 3.38. The van der Waals surface area contributed by atoms with Crippen molar-refractivity contribution in [2.24, 2.45) is 10.4 Å². The number of methoxy groups -OCH3 is 1. The summed E-state index contributed by atoms with van der Waals surface area (Å²) >= 11 is 1.70. The second-order valence-electron chi connectivity index (χ2n) is 7.32. The molecule has 0 saturated heterocycles. The molecule has 0 aliphatic heterocycles. The summed E-state index contributed by atoms with van der Waals surface area (Å²) in [6, 6.07) is 0. The molecule has 5 nitrogen and oxygen atoms in total. The zero-order valence-electron chi connectivity index (χ0n) is 16.2. The number of thiazole rings is 1. The zero-order valence-corrected chi connectivity index (χ0v) is 17.0. The molecule has 1 aliphatic carbocycles. The summed E-state index contributed by atoms with van der Waals surface area (Å²) in [6.45, 7) is 9.77. The van der Waals surface area contributed by atoms with E-state index in [0.29, 0.717) is 17.9 Å². The highest BCUT2D eigenvalue weighted by atomic mass is 32.1. The molecular weight excluding hydrogens is 332 g/mol. The molecule has 1 aromatic rings. The first-order chi connectivity index (χ1) is 12.1. The first-order valence-electron chi connectivity index (χ1n) is 9.54. The largest absolute Gasteiger partial charge is 0.385 e. The summed E-state index contributed by atoms with van der Waals surface area (Å²) in [4.78, 5) is 9.41. The molecule has 6 heteroatoms. The quantitative estimate of drug-likeness (QED) is 0.514. The lowest BCUT2D eigenvalue weighted by Crippen LogP contribution is -2.43. The van der Waals surface area contributed by atoms with Gasteiger partial charge in [0, 0.05) is 32.2 Å². The van der Waals surface area contributed by atoms with Gasteiger partial charge in [0.15, 0.2) is 5.96 Å². The van der Waals surface area contributed by atoms with Crippen LogP contribution >= 0.6 is 11.3 Å². The average Bonchev–Trinajstić information content (AvgIpc) is 3.26. The van der Waals surface area contributed by atoms with Gasteiger partial charge in [0.1, 0.15) is 5.01 Å². The Bertz CT molecular complexity index is 535. The Hall–Kier alpha value is -1.14. The van der Waals surface area contributed by atoms with Gasteiger partial charge in [-0.1, -0.05) is 26.7 Å². The van der Waals surface area contributed by atoms with Crippen molar-refractivity contribution in [1.82, 2.24) is 15.6 Å². The number of nitrogens with one attached hydrogen (secondary N) is 2. The minimum Gasteiger partial charge on any atom is -0.385 e. The standard InChI is InChI=1S/C19H34N4OS/c1-5-20-18(21-12-17-23-16(13-25-17)15(2)3)22-14-19(10-11-24-4)8-6-7-9-19/h13,15H,5-12,14H2,1-4H3,(H2,20,21,22). The number of hydrogen-bond acceptors (Lipinski definition) is 4. The molecule has 2 N–H and O–H groups in total. The van der Waals surface area contributed by atoms with Crippen molar-refractivity contribution in [2.45, 2.75) is 65.3 Å². The number of rotatable bonds is 9. The Balaban J connectivity index is 1.94. The van der Waals surface area contributed by atoms with E-state index in [1.807, 2.05) is 0 Å². The molecule has 0 atom stereocenters. The van der Waals surface area contributed by atoms with Gasteiger partial charge in [-0.15, -0.1) is 11.3 Å². The van der Waals surface area contributed by atoms with Crippen LogP contribution in [0.1, 0.15) is 69.5 Å². The van der Waals surface area contributed by atoms with Crippen molar-refractivity contribution in [1.29, 1.82) is 0 Å². The summed E-state index contributed by atoms with van der Waals surface area (Å²) in [5.41, 5.74) is 1.52. The van der Waals surface area contributed by atoms with Crippen molar-refractivity contribution >= 4 is 17.3 Å². The van der Waals surface area contributed by atoms with Gasteiger partial charge in [0.25, 0.3) is 0 Å². The summed E-state index contributed by atoms with van der Waals surface area (Å²) in [7, 11) is 1.79. The molecule has 142 valence electrons. The van der Waals surface area contributed by atoms with Crippen LogP contribution in [0.4, 0.5) is 0 Å². The molecule has 1 heterocycles. The lowest BCUT2D eigenvalue weighted by molar-refractivity contribution is 0.138. The highest BCUT2D eigenvalue weighted by Gasteiger charge is 2.33. The molecule has 1 fully saturated rings. The highest BCUT2D eigenvalue weighted by Crippen LogP contribution is 2.40. The van der Waals surface area contributed by atoms with Crippen LogP contribution in [0, 0.1) is 5.41 Å². The number of aliphatic imine (C=N–C) groups is 1. The lowest BCUT2D eigenvalue weighted by atomic mass is 9.83. The smallest absolute Gasteiger partial charge is 0.191 e. The maximum atomic E-state index is 5.33. The van der Waals surface area contributed by atoms with E-state index in [1.54, 1.807) is 18.4 Å². The predicted molar refractivity (Wildman–Crippen MR) is 106 cm³/mol. The maximum absolute atomic E-state index is 5.33. The highest BCUT2D eigenvalue weighted by molar-refractivity contribution is 7.09. The Morgan fingerprint density at radius 3 is 2.72 bits per heavy atom. The van der Waals surface area contributed by atoms with Gasteiger partial charge >= 0.3 is 0 Å². The van der Waals surface area contributed by atoms with Gasteiger partial charge in [0.2, 0.25) is 0 Å². The van der Waals surface area contributed by atoms with E-state index in [4.69, 9.17) is 9.73 Å². The van der Waals surface area contributed by atoms with Crippen molar-refractivity contribution in [3.8, 4) is 0 Å². The van der Waals surface area contributed by atoms with Crippen molar-refractivity contribution in [3.05, 3.63) is 16.1 Å². The molecule has 0 amide bonds. The fraction of sp³-hybridized carbons (Fsp3) is 0.789. The van der Waals surface area contributed by atoms with Crippen LogP contribution in [0.25, 0.3) is 0 Å². The minimum atomic E-state index is 0.359. The van der Waals surface area contributed by atoms with Crippen molar-refractivity contribution in [2.75, 3.05) is 26.8 Å². The average molecular weight is 367 g/mol. The van der Waals surface area contributed by atoms with E-state index >= 15 is 0 Å². The first kappa shape index (κ1) is 20.2. The third-order valence-corrected chi connectivity index (χ3v) is 5.86. The predicted octanol–water partition coefficient (Wildman–Crippen LogP) is 3.92. The van der Waals surface area contributed by atoms with Gasteiger partial charge < -0.3 is 15.4 Å². The Kier molecular flexibility index (Phi) is 8.16. The second-order valence-corrected chi connectivity index (χ2v) is 8.26. The lowest BCUT2D eigenvalue weighted by Gasteiger charge is -2.29. The van der Waals surface area contributed by atoms with Crippen LogP contribution in [-0.2, 0) is 11.3 Å². The maximum Gasteiger partial charge on any atom is 0.191 e. The number of nitrogens with zero attached hydrogens (tertiary/aromatic N) is 2. The number of hydrogen-bond donors (Lipinski definition) is 2. The van der Waals surface area contributed by atoms with Gasteiger partial charge in [0.05, 0.1) is 12.2 Å². The molecule has 1 aromatic heterocycles. The topological polar surface area (TPSA) is 58.5 Å². The second kappa shape index (κ2) is 10.1. The molecule has 0 unspecified atom stereocenters. The zero-order chi connectivity index (χ0) is 18.1. The third kappa shape index (κ3) is 6.26. The molecule has 2 rings (SSSR count). The molecule has 1 saturated carbocycles. The van der Waals surface area contributed by atoms with E-state index in [9.17, 15) is 0 Å². The van der Waals surface area contributed by atoms with Gasteiger partial charge in [-0.3, -0.25) is 0 Å². The molecule has 1 aliphatic rings. The van der Waals surface area contributed by atoms with Crippen LogP contribution in [0.3, 0.4) is 0 Å². The van der Waals surface area contributed by atoms with E-state index in [1.165, 1.54) is 25.7 Å². The van der Waals surface area contributed by atoms with Crippen LogP contribution in [0.5, 0.6) is 0 Å². The third-order valence-electron chi connectivity index (χ3n) is 5.01. The Morgan fingerprint density at radius 2 is 2.12 bits per heavy atom. The summed E-state index contributed by atoms with van der Waals surface area (Å²) in [5.74, 6) is 1.37. The Morgan fingerprint density at radius 1 is 1.36 bits per heavy atom. The van der Waals surface area contributed by atoms with Gasteiger partial charge in [-0.2, -0.15) is 0 Å². The molecule has 0 aromatic carbocycles. The first-order valence-corrected chi connectivity index (χ1v) is 10.4. The molecule has 0 bridgehead atoms. The van der Waals surface area contributed by atoms with Crippen LogP contribution < -0.4 is 10.6 Å². The fourth-order valence-corrected chi connectivity index (χ4v) is 4.26. The van der Waals surface area contributed by atoms with E-state index in [-0.39, 0.29) is 0 Å². The Labute approximate surface area is 156 Å². The molecular formula is C19H34N4OS. The number of guanidine groups is 1. The van der Waals surface area contributed by atoms with Crippen molar-refractivity contribution < 1.29 is 4.74 Å². The van der Waals surface area contributed by atoms with E-state index in [2.05, 4.69) is 41.8 Å². The summed E-state index contributed by atoms with van der Waals surface area (Å²) in [5, 5.41) is 10.2. The molecule has 0 radical (unpaired) electrons. The van der Waals surface area contributed by atoms with Crippen LogP contribution in [0.2, 0.25) is 0 Å². The van der Waals surface area contributed by atoms with Crippen molar-refractivity contribution in [3.63, 3.8) is 0 Å². The number of aromatic nitrogens is 1. The SMILES string of the molecule is CCNC(=NCc1nc(C(C)C)cs1)NCC1(CCOC)CCCC1. The number of ether oxygens (including phenoxy) is 1. The van der Waals surface area contributed by atoms with Gasteiger partial charge in [-0.05, 0) is 37.5 Å². The molecule has 0 spiro atoms. The molecule has 25 heavy (non-hydrogen) atoms. The van der Waals surface area contributed by atoms with E-state index < -0.39 is 0 Å².